The van der Waals surface area contributed by atoms with Crippen molar-refractivity contribution in [3.05, 3.63) is 51.2 Å². The summed E-state index contributed by atoms with van der Waals surface area (Å²) in [6.07, 6.45) is 3.14. The largest absolute Gasteiger partial charge is 0.276 e. The van der Waals surface area contributed by atoms with Gasteiger partial charge in [0.2, 0.25) is 0 Å². The summed E-state index contributed by atoms with van der Waals surface area (Å²) in [4.78, 5) is 15.8. The Morgan fingerprint density at radius 1 is 1.42 bits per heavy atom. The molecule has 3 rings (SSSR count). The van der Waals surface area contributed by atoms with E-state index in [1.165, 1.54) is 0 Å². The maximum Gasteiger partial charge on any atom is 0.276 e. The van der Waals surface area contributed by atoms with E-state index in [1.807, 2.05) is 6.92 Å². The molecule has 1 aliphatic rings. The fraction of sp³-hybridized carbons (Fsp3) is 0.353. The maximum absolute atomic E-state index is 11.6. The van der Waals surface area contributed by atoms with Gasteiger partial charge in [-0.05, 0) is 13.3 Å². The normalized spacial score (nSPS) is 19.3. The highest BCUT2D eigenvalue weighted by atomic mass is 16.6. The molecule has 24 heavy (non-hydrogen) atoms. The van der Waals surface area contributed by atoms with Gasteiger partial charge in [-0.1, -0.05) is 31.5 Å². The minimum absolute atomic E-state index is 0.0626. The number of nitriles is 1. The molecule has 0 saturated carbocycles. The van der Waals surface area contributed by atoms with E-state index in [-0.39, 0.29) is 10.6 Å². The van der Waals surface area contributed by atoms with E-state index in [1.54, 1.807) is 31.3 Å². The lowest BCUT2D eigenvalue weighted by Gasteiger charge is -2.27. The molecule has 1 N–H and O–H groups in total. The highest BCUT2D eigenvalue weighted by Gasteiger charge is 2.39. The molecule has 2 unspecified atom stereocenters. The van der Waals surface area contributed by atoms with Crippen molar-refractivity contribution in [1.29, 1.82) is 5.26 Å². The Hall–Kier alpha value is -3.01. The molecule has 0 amide bonds. The van der Waals surface area contributed by atoms with Crippen molar-refractivity contribution in [2.45, 2.75) is 32.6 Å². The van der Waals surface area contributed by atoms with Crippen molar-refractivity contribution in [3.63, 3.8) is 0 Å². The third-order valence-corrected chi connectivity index (χ3v) is 4.36. The van der Waals surface area contributed by atoms with Gasteiger partial charge in [-0.3, -0.25) is 15.2 Å². The van der Waals surface area contributed by atoms with Crippen LogP contribution in [0.1, 0.15) is 42.4 Å². The second-order valence-corrected chi connectivity index (χ2v) is 5.88. The van der Waals surface area contributed by atoms with Crippen LogP contribution in [-0.4, -0.2) is 20.8 Å². The lowest BCUT2D eigenvalue weighted by Crippen LogP contribution is -2.25. The molecule has 2 atom stereocenters. The molecule has 2 heterocycles. The molecule has 0 aliphatic carbocycles. The van der Waals surface area contributed by atoms with Crippen molar-refractivity contribution >= 4 is 17.2 Å². The van der Waals surface area contributed by atoms with Gasteiger partial charge in [0.25, 0.3) is 5.69 Å². The molecule has 122 valence electrons. The first-order valence-electron chi connectivity index (χ1n) is 7.82. The van der Waals surface area contributed by atoms with Crippen LogP contribution in [0.4, 0.5) is 11.5 Å². The number of nitrogens with zero attached hydrogens (tertiary/aromatic N) is 4. The standard InChI is InChI=1S/C17H17N5O2/c1-3-5-14-12(8-18)15(13-9-19-21-17(13)20-14)11-7-4-6-10(2)16(11)22(23)24/h4,6-7,9,12,15H,3,5H2,1-2H3,(H,19,21). The number of nitrogens with one attached hydrogen (secondary N) is 1. The molecule has 0 bridgehead atoms. The van der Waals surface area contributed by atoms with E-state index < -0.39 is 11.8 Å². The molecule has 1 aliphatic heterocycles. The van der Waals surface area contributed by atoms with E-state index in [4.69, 9.17) is 0 Å². The Labute approximate surface area is 139 Å². The number of hydrogen-bond donors (Lipinski definition) is 1. The van der Waals surface area contributed by atoms with Crippen LogP contribution in [0.2, 0.25) is 0 Å². The average Bonchev–Trinajstić information content (AvgIpc) is 3.01. The lowest BCUT2D eigenvalue weighted by molar-refractivity contribution is -0.386. The Morgan fingerprint density at radius 3 is 2.88 bits per heavy atom. The molecule has 7 heteroatoms. The minimum Gasteiger partial charge on any atom is -0.261 e. The van der Waals surface area contributed by atoms with E-state index in [0.29, 0.717) is 23.4 Å². The molecular formula is C17H17N5O2. The van der Waals surface area contributed by atoms with Crippen LogP contribution in [0.5, 0.6) is 0 Å². The zero-order valence-corrected chi connectivity index (χ0v) is 13.5. The summed E-state index contributed by atoms with van der Waals surface area (Å²) in [7, 11) is 0. The van der Waals surface area contributed by atoms with Crippen LogP contribution in [-0.2, 0) is 0 Å². The number of rotatable bonds is 4. The number of para-hydroxylation sites is 1. The fourth-order valence-electron chi connectivity index (χ4n) is 3.34. The summed E-state index contributed by atoms with van der Waals surface area (Å²) in [6, 6.07) is 7.54. The Bertz CT molecular complexity index is 862. The number of H-pyrrole nitrogens is 1. The van der Waals surface area contributed by atoms with Gasteiger partial charge in [0, 0.05) is 28.3 Å². The summed E-state index contributed by atoms with van der Waals surface area (Å²) >= 11 is 0. The van der Waals surface area contributed by atoms with Crippen LogP contribution < -0.4 is 0 Å². The molecule has 2 aromatic rings. The molecule has 1 aromatic heterocycles. The number of fused-ring (bicyclic) bond motifs is 1. The minimum atomic E-state index is -0.532. The van der Waals surface area contributed by atoms with E-state index in [0.717, 1.165) is 17.7 Å². The Kier molecular flexibility index (Phi) is 4.13. The SMILES string of the molecule is CCCC1=Nc2[nH]ncc2C(c2cccc(C)c2[N+](=O)[O-])C1C#N. The van der Waals surface area contributed by atoms with Gasteiger partial charge < -0.3 is 0 Å². The number of aliphatic imine (C=N–C) groups is 1. The van der Waals surface area contributed by atoms with Gasteiger partial charge in [-0.15, -0.1) is 0 Å². The number of nitro groups is 1. The molecule has 0 radical (unpaired) electrons. The summed E-state index contributed by atoms with van der Waals surface area (Å²) in [5, 5.41) is 28.2. The molecular weight excluding hydrogens is 306 g/mol. The van der Waals surface area contributed by atoms with Crippen LogP contribution in [0.3, 0.4) is 0 Å². The van der Waals surface area contributed by atoms with E-state index in [9.17, 15) is 15.4 Å². The predicted molar refractivity (Wildman–Crippen MR) is 89.4 cm³/mol. The van der Waals surface area contributed by atoms with E-state index in [2.05, 4.69) is 21.3 Å². The Balaban J connectivity index is 2.24. The molecule has 1 aromatic carbocycles. The highest BCUT2D eigenvalue weighted by Crippen LogP contribution is 2.45. The van der Waals surface area contributed by atoms with Gasteiger partial charge in [0.15, 0.2) is 5.82 Å². The monoisotopic (exact) mass is 323 g/mol. The summed E-state index contributed by atoms with van der Waals surface area (Å²) in [6.45, 7) is 3.73. The van der Waals surface area contributed by atoms with Crippen molar-refractivity contribution < 1.29 is 4.92 Å². The van der Waals surface area contributed by atoms with Gasteiger partial charge in [-0.2, -0.15) is 10.4 Å². The highest BCUT2D eigenvalue weighted by molar-refractivity contribution is 5.94. The lowest BCUT2D eigenvalue weighted by atomic mass is 9.76. The van der Waals surface area contributed by atoms with Crippen molar-refractivity contribution in [2.24, 2.45) is 10.9 Å². The van der Waals surface area contributed by atoms with Gasteiger partial charge >= 0.3 is 0 Å². The summed E-state index contributed by atoms with van der Waals surface area (Å²) in [5.41, 5.74) is 2.66. The maximum atomic E-state index is 11.6. The van der Waals surface area contributed by atoms with Crippen LogP contribution in [0.25, 0.3) is 0 Å². The molecule has 0 spiro atoms. The Morgan fingerprint density at radius 2 is 2.21 bits per heavy atom. The molecule has 0 saturated heterocycles. The zero-order valence-electron chi connectivity index (χ0n) is 13.5. The zero-order chi connectivity index (χ0) is 17.3. The topological polar surface area (TPSA) is 108 Å². The van der Waals surface area contributed by atoms with Crippen LogP contribution in [0, 0.1) is 34.3 Å². The molecule has 0 fully saturated rings. The average molecular weight is 323 g/mol. The van der Waals surface area contributed by atoms with Gasteiger partial charge in [0.1, 0.15) is 0 Å². The third kappa shape index (κ3) is 2.46. The number of aryl methyl sites for hydroxylation is 1. The predicted octanol–water partition coefficient (Wildman–Crippen LogP) is 3.78. The van der Waals surface area contributed by atoms with Crippen molar-refractivity contribution in [1.82, 2.24) is 10.2 Å². The quantitative estimate of drug-likeness (QED) is 0.682. The molecule has 7 nitrogen and oxygen atoms in total. The first kappa shape index (κ1) is 15.9. The number of hydrogen-bond acceptors (Lipinski definition) is 5. The number of nitro benzene ring substituents is 1. The first-order valence-corrected chi connectivity index (χ1v) is 7.82. The fourth-order valence-corrected chi connectivity index (χ4v) is 3.34. The van der Waals surface area contributed by atoms with Crippen LogP contribution in [0.15, 0.2) is 29.4 Å². The summed E-state index contributed by atoms with van der Waals surface area (Å²) in [5.74, 6) is -0.385. The van der Waals surface area contributed by atoms with Crippen LogP contribution >= 0.6 is 0 Å². The second kappa shape index (κ2) is 6.24. The number of aromatic amines is 1. The number of benzene rings is 1. The van der Waals surface area contributed by atoms with Crippen molar-refractivity contribution in [3.8, 4) is 6.07 Å². The summed E-state index contributed by atoms with van der Waals surface area (Å²) < 4.78 is 0. The van der Waals surface area contributed by atoms with E-state index >= 15 is 0 Å². The van der Waals surface area contributed by atoms with Gasteiger partial charge in [-0.25, -0.2) is 4.99 Å². The first-order chi connectivity index (χ1) is 11.6. The van der Waals surface area contributed by atoms with Gasteiger partial charge in [0.05, 0.1) is 23.1 Å². The third-order valence-electron chi connectivity index (χ3n) is 4.36. The van der Waals surface area contributed by atoms with Crippen molar-refractivity contribution in [2.75, 3.05) is 0 Å². The number of aromatic nitrogens is 2. The smallest absolute Gasteiger partial charge is 0.261 e. The second-order valence-electron chi connectivity index (χ2n) is 5.88.